The second-order valence-electron chi connectivity index (χ2n) is 5.26. The average Bonchev–Trinajstić information content (AvgIpc) is 2.80. The summed E-state index contributed by atoms with van der Waals surface area (Å²) >= 11 is 0. The first-order chi connectivity index (χ1) is 8.50. The number of ether oxygens (including phenoxy) is 1. The maximum absolute atomic E-state index is 5.47. The minimum atomic E-state index is 0.0673. The van der Waals surface area contributed by atoms with Crippen LogP contribution in [0.15, 0.2) is 30.5 Å². The molecule has 1 heterocycles. The summed E-state index contributed by atoms with van der Waals surface area (Å²) in [6.07, 6.45) is 1.71. The number of hydrogen-bond donors (Lipinski definition) is 2. The lowest BCUT2D eigenvalue weighted by Gasteiger charge is -2.22. The lowest BCUT2D eigenvalue weighted by Crippen LogP contribution is -2.12. The fraction of sp³-hybridized carbons (Fsp3) is 0.357. The van der Waals surface area contributed by atoms with Crippen LogP contribution in [0.25, 0.3) is 0 Å². The van der Waals surface area contributed by atoms with Gasteiger partial charge in [-0.05, 0) is 17.0 Å². The SMILES string of the molecule is COc1cc(Nc2ccn[nH]2)ccc1C(C)(C)C. The Kier molecular flexibility index (Phi) is 3.28. The number of benzene rings is 1. The molecule has 0 aliphatic heterocycles. The van der Waals surface area contributed by atoms with E-state index in [4.69, 9.17) is 4.74 Å². The number of aromatic amines is 1. The van der Waals surface area contributed by atoms with Crippen LogP contribution < -0.4 is 10.1 Å². The number of aromatic nitrogens is 2. The molecule has 0 aliphatic rings. The van der Waals surface area contributed by atoms with Gasteiger partial charge in [-0.1, -0.05) is 26.8 Å². The largest absolute Gasteiger partial charge is 0.496 e. The zero-order valence-corrected chi connectivity index (χ0v) is 11.2. The first-order valence-electron chi connectivity index (χ1n) is 5.95. The van der Waals surface area contributed by atoms with E-state index in [0.29, 0.717) is 0 Å². The van der Waals surface area contributed by atoms with Gasteiger partial charge in [0.05, 0.1) is 13.3 Å². The molecule has 1 aromatic heterocycles. The zero-order valence-electron chi connectivity index (χ0n) is 11.2. The van der Waals surface area contributed by atoms with E-state index in [2.05, 4.69) is 42.4 Å². The van der Waals surface area contributed by atoms with Crippen molar-refractivity contribution in [3.8, 4) is 5.75 Å². The maximum atomic E-state index is 5.47. The number of methoxy groups -OCH3 is 1. The highest BCUT2D eigenvalue weighted by molar-refractivity contribution is 5.60. The fourth-order valence-corrected chi connectivity index (χ4v) is 1.87. The molecule has 96 valence electrons. The molecule has 0 unspecified atom stereocenters. The van der Waals surface area contributed by atoms with Crippen molar-refractivity contribution in [3.63, 3.8) is 0 Å². The summed E-state index contributed by atoms with van der Waals surface area (Å²) in [6, 6.07) is 8.02. The van der Waals surface area contributed by atoms with E-state index in [-0.39, 0.29) is 5.41 Å². The van der Waals surface area contributed by atoms with Gasteiger partial charge >= 0.3 is 0 Å². The van der Waals surface area contributed by atoms with Gasteiger partial charge in [0.1, 0.15) is 11.6 Å². The van der Waals surface area contributed by atoms with Crippen LogP contribution in [-0.4, -0.2) is 17.3 Å². The molecular weight excluding hydrogens is 226 g/mol. The number of rotatable bonds is 3. The Morgan fingerprint density at radius 3 is 2.56 bits per heavy atom. The zero-order chi connectivity index (χ0) is 13.2. The summed E-state index contributed by atoms with van der Waals surface area (Å²) in [7, 11) is 1.70. The average molecular weight is 245 g/mol. The Labute approximate surface area is 107 Å². The molecule has 18 heavy (non-hydrogen) atoms. The monoisotopic (exact) mass is 245 g/mol. The van der Waals surface area contributed by atoms with Gasteiger partial charge in [0.15, 0.2) is 0 Å². The van der Waals surface area contributed by atoms with Crippen LogP contribution in [0, 0.1) is 0 Å². The van der Waals surface area contributed by atoms with Crippen molar-refractivity contribution < 1.29 is 4.74 Å². The Morgan fingerprint density at radius 1 is 1.22 bits per heavy atom. The molecule has 0 amide bonds. The summed E-state index contributed by atoms with van der Waals surface area (Å²) in [5.74, 6) is 1.76. The number of H-pyrrole nitrogens is 1. The van der Waals surface area contributed by atoms with E-state index in [1.54, 1.807) is 13.3 Å². The standard InChI is InChI=1S/C14H19N3O/c1-14(2,3)11-6-5-10(9-12(11)18-4)16-13-7-8-15-17-13/h5-9H,1-4H3,(H2,15,16,17). The Bertz CT molecular complexity index is 512. The van der Waals surface area contributed by atoms with Crippen molar-refractivity contribution in [1.82, 2.24) is 10.2 Å². The molecular formula is C14H19N3O. The van der Waals surface area contributed by atoms with Crippen LogP contribution in [0.1, 0.15) is 26.3 Å². The van der Waals surface area contributed by atoms with Crippen molar-refractivity contribution >= 4 is 11.5 Å². The molecule has 4 heteroatoms. The van der Waals surface area contributed by atoms with Gasteiger partial charge in [-0.25, -0.2) is 0 Å². The Hall–Kier alpha value is -1.97. The number of anilines is 2. The summed E-state index contributed by atoms with van der Waals surface area (Å²) < 4.78 is 5.47. The highest BCUT2D eigenvalue weighted by atomic mass is 16.5. The number of nitrogens with zero attached hydrogens (tertiary/aromatic N) is 1. The van der Waals surface area contributed by atoms with Gasteiger partial charge in [0.2, 0.25) is 0 Å². The lowest BCUT2D eigenvalue weighted by molar-refractivity contribution is 0.398. The third kappa shape index (κ3) is 2.64. The second kappa shape index (κ2) is 4.72. The number of hydrogen-bond acceptors (Lipinski definition) is 3. The van der Waals surface area contributed by atoms with E-state index in [9.17, 15) is 0 Å². The van der Waals surface area contributed by atoms with Gasteiger partial charge in [-0.2, -0.15) is 5.10 Å². The first-order valence-corrected chi connectivity index (χ1v) is 5.95. The molecule has 0 aliphatic carbocycles. The van der Waals surface area contributed by atoms with Gasteiger partial charge in [0, 0.05) is 17.8 Å². The van der Waals surface area contributed by atoms with Crippen molar-refractivity contribution in [2.75, 3.05) is 12.4 Å². The molecule has 0 saturated heterocycles. The van der Waals surface area contributed by atoms with Gasteiger partial charge < -0.3 is 10.1 Å². The smallest absolute Gasteiger partial charge is 0.125 e. The van der Waals surface area contributed by atoms with E-state index >= 15 is 0 Å². The summed E-state index contributed by atoms with van der Waals surface area (Å²) in [4.78, 5) is 0. The Morgan fingerprint density at radius 2 is 2.00 bits per heavy atom. The number of nitrogens with one attached hydrogen (secondary N) is 2. The highest BCUT2D eigenvalue weighted by Crippen LogP contribution is 2.33. The molecule has 0 bridgehead atoms. The molecule has 4 nitrogen and oxygen atoms in total. The van der Waals surface area contributed by atoms with Crippen molar-refractivity contribution in [1.29, 1.82) is 0 Å². The molecule has 0 saturated carbocycles. The van der Waals surface area contributed by atoms with Crippen molar-refractivity contribution in [2.24, 2.45) is 0 Å². The maximum Gasteiger partial charge on any atom is 0.125 e. The second-order valence-corrected chi connectivity index (χ2v) is 5.26. The lowest BCUT2D eigenvalue weighted by atomic mass is 9.86. The summed E-state index contributed by atoms with van der Waals surface area (Å²) in [5.41, 5.74) is 2.24. The fourth-order valence-electron chi connectivity index (χ4n) is 1.87. The minimum Gasteiger partial charge on any atom is -0.496 e. The molecule has 2 N–H and O–H groups in total. The summed E-state index contributed by atoms with van der Waals surface area (Å²) in [5, 5.41) is 10.0. The van der Waals surface area contributed by atoms with E-state index in [0.717, 1.165) is 17.3 Å². The van der Waals surface area contributed by atoms with Crippen molar-refractivity contribution in [3.05, 3.63) is 36.0 Å². The van der Waals surface area contributed by atoms with Gasteiger partial charge in [-0.3, -0.25) is 5.10 Å². The summed E-state index contributed by atoms with van der Waals surface area (Å²) in [6.45, 7) is 6.52. The molecule has 0 radical (unpaired) electrons. The minimum absolute atomic E-state index is 0.0673. The predicted octanol–water partition coefficient (Wildman–Crippen LogP) is 3.46. The molecule has 2 rings (SSSR count). The van der Waals surface area contributed by atoms with E-state index in [1.165, 1.54) is 5.56 Å². The van der Waals surface area contributed by atoms with Crippen LogP contribution in [0.3, 0.4) is 0 Å². The molecule has 0 spiro atoms. The highest BCUT2D eigenvalue weighted by Gasteiger charge is 2.18. The van der Waals surface area contributed by atoms with Crippen LogP contribution in [-0.2, 0) is 5.41 Å². The Balaban J connectivity index is 2.30. The molecule has 0 atom stereocenters. The van der Waals surface area contributed by atoms with Crippen LogP contribution in [0.5, 0.6) is 5.75 Å². The van der Waals surface area contributed by atoms with E-state index < -0.39 is 0 Å². The topological polar surface area (TPSA) is 49.9 Å². The van der Waals surface area contributed by atoms with Gasteiger partial charge in [0.25, 0.3) is 0 Å². The third-order valence-electron chi connectivity index (χ3n) is 2.79. The normalized spacial score (nSPS) is 11.3. The van der Waals surface area contributed by atoms with Gasteiger partial charge in [-0.15, -0.1) is 0 Å². The quantitative estimate of drug-likeness (QED) is 0.870. The van der Waals surface area contributed by atoms with Crippen LogP contribution >= 0.6 is 0 Å². The molecule has 2 aromatic rings. The first kappa shape index (κ1) is 12.5. The van der Waals surface area contributed by atoms with Crippen molar-refractivity contribution in [2.45, 2.75) is 26.2 Å². The van der Waals surface area contributed by atoms with E-state index in [1.807, 2.05) is 18.2 Å². The van der Waals surface area contributed by atoms with Crippen LogP contribution in [0.2, 0.25) is 0 Å². The third-order valence-corrected chi connectivity index (χ3v) is 2.79. The molecule has 0 fully saturated rings. The van der Waals surface area contributed by atoms with Crippen LogP contribution in [0.4, 0.5) is 11.5 Å². The molecule has 1 aromatic carbocycles. The predicted molar refractivity (Wildman–Crippen MR) is 73.6 cm³/mol.